The molecule has 0 bridgehead atoms. The maximum absolute atomic E-state index is 12.5. The van der Waals surface area contributed by atoms with Gasteiger partial charge >= 0.3 is 0 Å². The smallest absolute Gasteiger partial charge is 0.291 e. The summed E-state index contributed by atoms with van der Waals surface area (Å²) in [6.07, 6.45) is 1.40. The summed E-state index contributed by atoms with van der Waals surface area (Å²) < 4.78 is 5.03. The zero-order valence-corrected chi connectivity index (χ0v) is 15.3. The van der Waals surface area contributed by atoms with Crippen molar-refractivity contribution in [3.8, 4) is 0 Å². The second-order valence-corrected chi connectivity index (χ2v) is 6.82. The number of nitrogens with zero attached hydrogens (tertiary/aromatic N) is 1. The molecule has 0 saturated heterocycles. The molecule has 0 atom stereocenters. The Kier molecular flexibility index (Phi) is 5.04. The molecule has 0 unspecified atom stereocenters. The molecule has 0 aliphatic heterocycles. The van der Waals surface area contributed by atoms with Gasteiger partial charge in [-0.25, -0.2) is 0 Å². The molecule has 138 valence electrons. The minimum atomic E-state index is -0.496. The lowest BCUT2D eigenvalue weighted by Crippen LogP contribution is -2.11. The number of furan rings is 1. The topological polar surface area (TPSA) is 114 Å². The van der Waals surface area contributed by atoms with Gasteiger partial charge < -0.3 is 15.1 Å². The Bertz CT molecular complexity index is 1020. The summed E-state index contributed by atoms with van der Waals surface area (Å²) in [5.74, 6) is -0.657. The van der Waals surface area contributed by atoms with Crippen LogP contribution in [-0.2, 0) is 0 Å². The van der Waals surface area contributed by atoms with Crippen LogP contribution in [0.1, 0.15) is 31.4 Å². The third-order valence-corrected chi connectivity index (χ3v) is 4.92. The summed E-state index contributed by atoms with van der Waals surface area (Å²) in [6.45, 7) is 3.37. The van der Waals surface area contributed by atoms with Crippen LogP contribution in [-0.4, -0.2) is 16.7 Å². The van der Waals surface area contributed by atoms with Crippen LogP contribution in [0, 0.1) is 24.0 Å². The van der Waals surface area contributed by atoms with Gasteiger partial charge in [0.2, 0.25) is 0 Å². The number of rotatable bonds is 5. The highest BCUT2D eigenvalue weighted by Gasteiger charge is 2.18. The fraction of sp³-hybridized carbons (Fsp3) is 0.111. The van der Waals surface area contributed by atoms with Crippen molar-refractivity contribution < 1.29 is 18.9 Å². The van der Waals surface area contributed by atoms with E-state index in [1.54, 1.807) is 38.1 Å². The summed E-state index contributed by atoms with van der Waals surface area (Å²) in [5.41, 5.74) is 1.44. The largest absolute Gasteiger partial charge is 0.459 e. The van der Waals surface area contributed by atoms with Crippen LogP contribution in [0.4, 0.5) is 16.4 Å². The minimum absolute atomic E-state index is 0.0675. The molecular formula is C18H15N3O5S. The molecule has 0 aliphatic carbocycles. The lowest BCUT2D eigenvalue weighted by atomic mass is 10.2. The third-order valence-electron chi connectivity index (χ3n) is 3.77. The van der Waals surface area contributed by atoms with Gasteiger partial charge in [0.15, 0.2) is 5.76 Å². The number of aryl methyl sites for hydroxylation is 2. The minimum Gasteiger partial charge on any atom is -0.459 e. The fourth-order valence-corrected chi connectivity index (χ4v) is 3.39. The highest BCUT2D eigenvalue weighted by molar-refractivity contribution is 7.18. The molecule has 2 heterocycles. The number of nitro groups is 1. The van der Waals surface area contributed by atoms with Gasteiger partial charge in [0.25, 0.3) is 17.5 Å². The van der Waals surface area contributed by atoms with Crippen LogP contribution in [0.25, 0.3) is 0 Å². The molecule has 0 radical (unpaired) electrons. The SMILES string of the molecule is Cc1ccc(NC(=O)c2sc(NC(=O)c3ccco3)cc2C)cc1[N+](=O)[O-]. The molecule has 27 heavy (non-hydrogen) atoms. The van der Waals surface area contributed by atoms with Crippen LogP contribution in [0.3, 0.4) is 0 Å². The highest BCUT2D eigenvalue weighted by atomic mass is 32.1. The van der Waals surface area contributed by atoms with Crippen molar-refractivity contribution in [3.05, 3.63) is 74.5 Å². The molecule has 2 aromatic heterocycles. The van der Waals surface area contributed by atoms with E-state index in [-0.39, 0.29) is 11.4 Å². The first-order valence-corrected chi connectivity index (χ1v) is 8.68. The van der Waals surface area contributed by atoms with Crippen LogP contribution in [0.5, 0.6) is 0 Å². The normalized spacial score (nSPS) is 10.4. The van der Waals surface area contributed by atoms with Crippen molar-refractivity contribution in [2.45, 2.75) is 13.8 Å². The van der Waals surface area contributed by atoms with E-state index in [4.69, 9.17) is 4.42 Å². The van der Waals surface area contributed by atoms with Crippen molar-refractivity contribution in [2.75, 3.05) is 10.6 Å². The molecule has 8 nitrogen and oxygen atoms in total. The molecule has 0 spiro atoms. The molecule has 2 N–H and O–H groups in total. The Morgan fingerprint density at radius 1 is 1.07 bits per heavy atom. The molecule has 2 amide bonds. The maximum Gasteiger partial charge on any atom is 0.291 e. The van der Waals surface area contributed by atoms with E-state index >= 15 is 0 Å². The molecule has 0 fully saturated rings. The fourth-order valence-electron chi connectivity index (χ4n) is 2.42. The van der Waals surface area contributed by atoms with Crippen LogP contribution >= 0.6 is 11.3 Å². The zero-order valence-electron chi connectivity index (χ0n) is 14.4. The second-order valence-electron chi connectivity index (χ2n) is 5.77. The van der Waals surface area contributed by atoms with E-state index in [0.717, 1.165) is 11.3 Å². The van der Waals surface area contributed by atoms with Crippen molar-refractivity contribution in [3.63, 3.8) is 0 Å². The maximum atomic E-state index is 12.5. The quantitative estimate of drug-likeness (QED) is 0.500. The summed E-state index contributed by atoms with van der Waals surface area (Å²) in [4.78, 5) is 35.5. The van der Waals surface area contributed by atoms with Crippen molar-refractivity contribution in [1.29, 1.82) is 0 Å². The summed E-state index contributed by atoms with van der Waals surface area (Å²) in [7, 11) is 0. The average Bonchev–Trinajstić information content (AvgIpc) is 3.26. The molecule has 0 saturated carbocycles. The number of nitro benzene ring substituents is 1. The lowest BCUT2D eigenvalue weighted by Gasteiger charge is -2.05. The van der Waals surface area contributed by atoms with Gasteiger partial charge in [0.1, 0.15) is 0 Å². The number of hydrogen-bond acceptors (Lipinski definition) is 6. The number of thiophene rings is 1. The van der Waals surface area contributed by atoms with Gasteiger partial charge in [-0.2, -0.15) is 0 Å². The first kappa shape index (κ1) is 18.3. The predicted molar refractivity (Wildman–Crippen MR) is 102 cm³/mol. The molecule has 0 aliphatic rings. The van der Waals surface area contributed by atoms with Gasteiger partial charge in [-0.15, -0.1) is 11.3 Å². The highest BCUT2D eigenvalue weighted by Crippen LogP contribution is 2.29. The van der Waals surface area contributed by atoms with E-state index in [2.05, 4.69) is 10.6 Å². The number of anilines is 2. The van der Waals surface area contributed by atoms with Gasteiger partial charge in [-0.05, 0) is 43.7 Å². The van der Waals surface area contributed by atoms with Crippen molar-refractivity contribution >= 4 is 39.5 Å². The van der Waals surface area contributed by atoms with E-state index in [1.165, 1.54) is 18.4 Å². The Balaban J connectivity index is 1.76. The number of carbonyl (C=O) groups excluding carboxylic acids is 2. The van der Waals surface area contributed by atoms with Crippen molar-refractivity contribution in [1.82, 2.24) is 0 Å². The van der Waals surface area contributed by atoms with E-state index in [9.17, 15) is 19.7 Å². The molecule has 9 heteroatoms. The standard InChI is InChI=1S/C18H15N3O5S/c1-10-5-6-12(9-13(10)21(24)25)19-18(23)16-11(2)8-15(27-16)20-17(22)14-4-3-7-26-14/h3-9H,1-2H3,(H,19,23)(H,20,22). The van der Waals surface area contributed by atoms with E-state index in [0.29, 0.717) is 26.7 Å². The van der Waals surface area contributed by atoms with Gasteiger partial charge in [-0.3, -0.25) is 19.7 Å². The summed E-state index contributed by atoms with van der Waals surface area (Å²) in [6, 6.07) is 9.31. The average molecular weight is 385 g/mol. The Morgan fingerprint density at radius 3 is 2.52 bits per heavy atom. The first-order valence-electron chi connectivity index (χ1n) is 7.87. The number of amides is 2. The molecule has 3 rings (SSSR count). The Labute approximate surface area is 158 Å². The molecule has 1 aromatic carbocycles. The summed E-state index contributed by atoms with van der Waals surface area (Å²) >= 11 is 1.11. The van der Waals surface area contributed by atoms with Crippen LogP contribution < -0.4 is 10.6 Å². The number of benzene rings is 1. The van der Waals surface area contributed by atoms with E-state index < -0.39 is 16.7 Å². The second kappa shape index (κ2) is 7.42. The van der Waals surface area contributed by atoms with Crippen molar-refractivity contribution in [2.24, 2.45) is 0 Å². The van der Waals surface area contributed by atoms with Crippen LogP contribution in [0.2, 0.25) is 0 Å². The van der Waals surface area contributed by atoms with Gasteiger partial charge in [0.05, 0.1) is 21.1 Å². The van der Waals surface area contributed by atoms with E-state index in [1.807, 2.05) is 0 Å². The zero-order chi connectivity index (χ0) is 19.6. The first-order chi connectivity index (χ1) is 12.8. The predicted octanol–water partition coefficient (Wildman–Crippen LogP) is 4.37. The van der Waals surface area contributed by atoms with Gasteiger partial charge in [-0.1, -0.05) is 6.07 Å². The number of hydrogen-bond donors (Lipinski definition) is 2. The summed E-state index contributed by atoms with van der Waals surface area (Å²) in [5, 5.41) is 16.9. The monoisotopic (exact) mass is 385 g/mol. The molecule has 3 aromatic rings. The van der Waals surface area contributed by atoms with Gasteiger partial charge in [0, 0.05) is 17.3 Å². The third kappa shape index (κ3) is 4.04. The van der Waals surface area contributed by atoms with Crippen LogP contribution in [0.15, 0.2) is 47.1 Å². The lowest BCUT2D eigenvalue weighted by molar-refractivity contribution is -0.385. The Hall–Kier alpha value is -3.46. The number of nitrogens with one attached hydrogen (secondary N) is 2. The molecular weight excluding hydrogens is 370 g/mol. The Morgan fingerprint density at radius 2 is 1.85 bits per heavy atom. The number of carbonyl (C=O) groups is 2.